The number of nitrogens with zero attached hydrogens (tertiary/aromatic N) is 3. The van der Waals surface area contributed by atoms with Gasteiger partial charge in [-0.2, -0.15) is 13.2 Å². The van der Waals surface area contributed by atoms with Crippen molar-refractivity contribution in [2.45, 2.75) is 57.9 Å². The molecule has 3 heterocycles. The molecule has 5 rings (SSSR count). The maximum atomic E-state index is 13.1. The number of benzene rings is 2. The second kappa shape index (κ2) is 10.4. The zero-order valence-corrected chi connectivity index (χ0v) is 24.6. The van der Waals surface area contributed by atoms with E-state index in [1.807, 2.05) is 54.6 Å². The van der Waals surface area contributed by atoms with Gasteiger partial charge >= 0.3 is 6.18 Å². The Labute approximate surface area is 237 Å². The van der Waals surface area contributed by atoms with Gasteiger partial charge in [-0.3, -0.25) is 4.40 Å². The number of hydrogen-bond acceptors (Lipinski definition) is 5. The van der Waals surface area contributed by atoms with Gasteiger partial charge in [-0.1, -0.05) is 63.2 Å². The minimum absolute atomic E-state index is 0.0247. The number of fused-ring (bicyclic) bond motifs is 1. The fraction of sp³-hybridized carbons (Fsp3) is 0.290. The van der Waals surface area contributed by atoms with Crippen molar-refractivity contribution in [2.24, 2.45) is 0 Å². The molecule has 0 saturated carbocycles. The highest BCUT2D eigenvalue weighted by Crippen LogP contribution is 2.38. The van der Waals surface area contributed by atoms with E-state index >= 15 is 0 Å². The maximum absolute atomic E-state index is 13.1. The summed E-state index contributed by atoms with van der Waals surface area (Å²) >= 11 is 0. The Morgan fingerprint density at radius 2 is 1.63 bits per heavy atom. The van der Waals surface area contributed by atoms with E-state index in [4.69, 9.17) is 13.8 Å². The van der Waals surface area contributed by atoms with Gasteiger partial charge in [0.05, 0.1) is 17.8 Å². The second-order valence-corrected chi connectivity index (χ2v) is 16.4. The van der Waals surface area contributed by atoms with E-state index < -0.39 is 20.3 Å². The van der Waals surface area contributed by atoms with Gasteiger partial charge in [-0.15, -0.1) is 0 Å². The Kier molecular flexibility index (Phi) is 7.23. The number of aromatic hydroxyl groups is 1. The third kappa shape index (κ3) is 6.02. The van der Waals surface area contributed by atoms with E-state index in [9.17, 15) is 18.3 Å². The molecule has 214 valence electrons. The van der Waals surface area contributed by atoms with E-state index in [1.165, 1.54) is 10.5 Å². The molecule has 0 amide bonds. The summed E-state index contributed by atoms with van der Waals surface area (Å²) in [7, 11) is -2.08. The van der Waals surface area contributed by atoms with Gasteiger partial charge in [0.25, 0.3) is 0 Å². The average Bonchev–Trinajstić information content (AvgIpc) is 3.49. The van der Waals surface area contributed by atoms with Crippen LogP contribution in [0.15, 0.2) is 77.3 Å². The summed E-state index contributed by atoms with van der Waals surface area (Å²) in [6.07, 6.45) is -2.58. The number of hydrogen-bond donors (Lipinski definition) is 1. The minimum atomic E-state index is -4.59. The minimum Gasteiger partial charge on any atom is -0.543 e. The zero-order chi connectivity index (χ0) is 29.6. The van der Waals surface area contributed by atoms with E-state index in [0.29, 0.717) is 23.5 Å². The summed E-state index contributed by atoms with van der Waals surface area (Å²) in [5.41, 5.74) is 3.62. The highest BCUT2D eigenvalue weighted by Gasteiger charge is 2.39. The molecule has 0 atom stereocenters. The molecule has 0 unspecified atom stereocenters. The molecule has 41 heavy (non-hydrogen) atoms. The number of alkyl halides is 3. The predicted octanol–water partition coefficient (Wildman–Crippen LogP) is 8.28. The molecule has 0 aliphatic carbocycles. The molecule has 1 N–H and O–H groups in total. The first-order valence-electron chi connectivity index (χ1n) is 13.3. The Bertz CT molecular complexity index is 1690. The van der Waals surface area contributed by atoms with Crippen molar-refractivity contribution in [3.63, 3.8) is 0 Å². The molecule has 0 aliphatic rings. The Morgan fingerprint density at radius 1 is 0.902 bits per heavy atom. The number of furan rings is 1. The molecule has 0 spiro atoms. The Morgan fingerprint density at radius 3 is 2.29 bits per heavy atom. The summed E-state index contributed by atoms with van der Waals surface area (Å²) in [5, 5.41) is 11.2. The summed E-state index contributed by atoms with van der Waals surface area (Å²) in [4.78, 5) is 9.53. The summed E-state index contributed by atoms with van der Waals surface area (Å²) in [5.74, 6) is -0.486. The molecule has 0 radical (unpaired) electrons. The third-order valence-electron chi connectivity index (χ3n) is 7.53. The predicted molar refractivity (Wildman–Crippen MR) is 154 cm³/mol. The molecule has 10 heteroatoms. The second-order valence-electron chi connectivity index (χ2n) is 11.6. The van der Waals surface area contributed by atoms with Crippen molar-refractivity contribution in [1.29, 1.82) is 0 Å². The van der Waals surface area contributed by atoms with E-state index in [-0.39, 0.29) is 28.8 Å². The lowest BCUT2D eigenvalue weighted by atomic mass is 10.1. The van der Waals surface area contributed by atoms with Crippen LogP contribution < -0.4 is 4.43 Å². The van der Waals surface area contributed by atoms with Crippen LogP contribution in [0.1, 0.15) is 49.2 Å². The van der Waals surface area contributed by atoms with E-state index in [0.717, 1.165) is 22.9 Å². The first kappa shape index (κ1) is 28.5. The Balaban J connectivity index is 1.58. The molecule has 6 nitrogen and oxygen atoms in total. The van der Waals surface area contributed by atoms with Crippen LogP contribution in [0.25, 0.3) is 16.9 Å². The molecule has 3 aromatic heterocycles. The molecular weight excluding hydrogens is 547 g/mol. The lowest BCUT2D eigenvalue weighted by Crippen LogP contribution is -2.43. The van der Waals surface area contributed by atoms with Crippen molar-refractivity contribution in [3.05, 3.63) is 101 Å². The summed E-state index contributed by atoms with van der Waals surface area (Å²) < 4.78 is 52.2. The van der Waals surface area contributed by atoms with Crippen LogP contribution in [0.3, 0.4) is 0 Å². The molecular formula is C31H32F3N3O3Si. The van der Waals surface area contributed by atoms with Gasteiger partial charge in [0.1, 0.15) is 17.2 Å². The first-order chi connectivity index (χ1) is 19.2. The van der Waals surface area contributed by atoms with E-state index in [2.05, 4.69) is 38.8 Å². The van der Waals surface area contributed by atoms with Gasteiger partial charge in [0, 0.05) is 18.2 Å². The lowest BCUT2D eigenvalue weighted by Gasteiger charge is -2.36. The molecule has 0 fully saturated rings. The van der Waals surface area contributed by atoms with Gasteiger partial charge in [-0.25, -0.2) is 9.97 Å². The standard InChI is InChI=1S/C31H32F3N3O3Si/c1-30(2,3)41(4,5)40-23-13-9-12-21(17-23)26-19-37-28(24(35-26)16-20-10-7-6-8-11-20)36-25(29(37)38)18-22-14-15-27(39-22)31(32,33)34/h6-15,17,19,38H,16,18H2,1-5H3. The molecule has 0 bridgehead atoms. The van der Waals surface area contributed by atoms with Crippen LogP contribution in [0.2, 0.25) is 18.1 Å². The molecule has 0 aliphatic heterocycles. The van der Waals surface area contributed by atoms with Crippen LogP contribution >= 0.6 is 0 Å². The van der Waals surface area contributed by atoms with Crippen LogP contribution in [-0.2, 0) is 19.0 Å². The van der Waals surface area contributed by atoms with Gasteiger partial charge < -0.3 is 13.9 Å². The van der Waals surface area contributed by atoms with Crippen LogP contribution in [0.4, 0.5) is 13.2 Å². The van der Waals surface area contributed by atoms with Gasteiger partial charge in [0.2, 0.25) is 20.0 Å². The van der Waals surface area contributed by atoms with Gasteiger partial charge in [0.15, 0.2) is 5.65 Å². The topological polar surface area (TPSA) is 72.8 Å². The van der Waals surface area contributed by atoms with Crippen molar-refractivity contribution < 1.29 is 27.1 Å². The summed E-state index contributed by atoms with van der Waals surface area (Å²) in [6, 6.07) is 19.6. The highest BCUT2D eigenvalue weighted by molar-refractivity contribution is 6.74. The quantitative estimate of drug-likeness (QED) is 0.197. The van der Waals surface area contributed by atoms with Crippen molar-refractivity contribution in [2.75, 3.05) is 0 Å². The number of imidazole rings is 1. The molecule has 5 aromatic rings. The Hall–Kier alpha value is -4.05. The van der Waals surface area contributed by atoms with Crippen LogP contribution in [0, 0.1) is 0 Å². The number of aromatic nitrogens is 3. The first-order valence-corrected chi connectivity index (χ1v) is 16.2. The van der Waals surface area contributed by atoms with Crippen molar-refractivity contribution in [1.82, 2.24) is 14.4 Å². The van der Waals surface area contributed by atoms with E-state index in [1.54, 1.807) is 6.20 Å². The zero-order valence-electron chi connectivity index (χ0n) is 23.6. The fourth-order valence-electron chi connectivity index (χ4n) is 4.27. The average molecular weight is 580 g/mol. The SMILES string of the molecule is CC(C)(C)[Si](C)(C)Oc1cccc(-c2cn3c(O)c(Cc4ccc(C(F)(F)F)o4)nc3c(Cc3ccccc3)n2)c1. The molecule has 0 saturated heterocycles. The normalized spacial score (nSPS) is 12.7. The van der Waals surface area contributed by atoms with Gasteiger partial charge in [-0.05, 0) is 48.0 Å². The van der Waals surface area contributed by atoms with Crippen molar-refractivity contribution in [3.8, 4) is 22.9 Å². The maximum Gasteiger partial charge on any atom is 0.449 e. The monoisotopic (exact) mass is 579 g/mol. The van der Waals surface area contributed by atoms with Crippen molar-refractivity contribution >= 4 is 14.0 Å². The third-order valence-corrected chi connectivity index (χ3v) is 11.9. The summed E-state index contributed by atoms with van der Waals surface area (Å²) in [6.45, 7) is 10.9. The lowest BCUT2D eigenvalue weighted by molar-refractivity contribution is -0.153. The number of halogens is 3. The number of rotatable bonds is 7. The van der Waals surface area contributed by atoms with Crippen LogP contribution in [-0.4, -0.2) is 27.8 Å². The smallest absolute Gasteiger partial charge is 0.449 e. The molecule has 2 aromatic carbocycles. The largest absolute Gasteiger partial charge is 0.543 e. The fourth-order valence-corrected chi connectivity index (χ4v) is 5.29. The highest BCUT2D eigenvalue weighted by atomic mass is 28.4. The van der Waals surface area contributed by atoms with Crippen LogP contribution in [0.5, 0.6) is 11.6 Å².